The first-order valence-corrected chi connectivity index (χ1v) is 6.73. The van der Waals surface area contributed by atoms with Gasteiger partial charge < -0.3 is 4.74 Å². The number of ether oxygens (including phenoxy) is 1. The third kappa shape index (κ3) is 4.41. The van der Waals surface area contributed by atoms with Crippen LogP contribution in [0.15, 0.2) is 54.6 Å². The van der Waals surface area contributed by atoms with Crippen molar-refractivity contribution in [3.8, 4) is 11.1 Å². The highest BCUT2D eigenvalue weighted by atomic mass is 17.2. The molecule has 0 aliphatic carbocycles. The Balaban J connectivity index is 1.97. The molecule has 110 valence electrons. The summed E-state index contributed by atoms with van der Waals surface area (Å²) in [4.78, 5) is 21.5. The molecule has 1 unspecified atom stereocenters. The van der Waals surface area contributed by atoms with Gasteiger partial charge in [-0.05, 0) is 30.2 Å². The van der Waals surface area contributed by atoms with Crippen LogP contribution in [-0.2, 0) is 14.5 Å². The predicted molar refractivity (Wildman–Crippen MR) is 79.7 cm³/mol. The van der Waals surface area contributed by atoms with Gasteiger partial charge in [0.2, 0.25) is 0 Å². The number of benzene rings is 2. The summed E-state index contributed by atoms with van der Waals surface area (Å²) in [5.74, 6) is -0.516. The van der Waals surface area contributed by atoms with Gasteiger partial charge in [0.25, 0.3) is 0 Å². The molecule has 0 heterocycles. The Morgan fingerprint density at radius 2 is 1.62 bits per heavy atom. The Bertz CT molecular complexity index is 563. The first kappa shape index (κ1) is 15.2. The summed E-state index contributed by atoms with van der Waals surface area (Å²) in [5.41, 5.74) is 2.59. The number of carbonyl (C=O) groups excluding carboxylic acids is 1. The zero-order valence-corrected chi connectivity index (χ0v) is 12.1. The number of hydrogen-bond donors (Lipinski definition) is 0. The molecular weight excluding hydrogens is 268 g/mol. The lowest BCUT2D eigenvalue weighted by Crippen LogP contribution is -2.18. The van der Waals surface area contributed by atoms with Crippen molar-refractivity contribution in [2.24, 2.45) is 0 Å². The van der Waals surface area contributed by atoms with Gasteiger partial charge in [-0.3, -0.25) is 4.89 Å². The van der Waals surface area contributed by atoms with E-state index in [0.29, 0.717) is 12.2 Å². The number of rotatable bonds is 6. The fourth-order valence-corrected chi connectivity index (χ4v) is 1.87. The molecule has 0 aliphatic heterocycles. The van der Waals surface area contributed by atoms with Crippen molar-refractivity contribution in [3.05, 3.63) is 60.2 Å². The van der Waals surface area contributed by atoms with Crippen LogP contribution in [0.1, 0.15) is 17.3 Å². The van der Waals surface area contributed by atoms with E-state index < -0.39 is 5.97 Å². The van der Waals surface area contributed by atoms with Crippen molar-refractivity contribution >= 4 is 5.97 Å². The molecular formula is C17H18O4. The summed E-state index contributed by atoms with van der Waals surface area (Å²) in [6.07, 6.45) is -0.303. The van der Waals surface area contributed by atoms with Crippen LogP contribution in [-0.4, -0.2) is 25.8 Å². The van der Waals surface area contributed by atoms with Crippen molar-refractivity contribution in [2.45, 2.75) is 13.0 Å². The molecule has 21 heavy (non-hydrogen) atoms. The molecule has 4 heteroatoms. The van der Waals surface area contributed by atoms with Crippen LogP contribution in [0.4, 0.5) is 0 Å². The average Bonchev–Trinajstić information content (AvgIpc) is 2.54. The number of carbonyl (C=O) groups is 1. The van der Waals surface area contributed by atoms with Crippen molar-refractivity contribution in [3.63, 3.8) is 0 Å². The highest BCUT2D eigenvalue weighted by Crippen LogP contribution is 2.19. The largest absolute Gasteiger partial charge is 0.382 e. The highest BCUT2D eigenvalue weighted by molar-refractivity contribution is 5.89. The zero-order chi connectivity index (χ0) is 15.1. The summed E-state index contributed by atoms with van der Waals surface area (Å²) in [6.45, 7) is 2.12. The highest BCUT2D eigenvalue weighted by Gasteiger charge is 2.11. The third-order valence-corrected chi connectivity index (χ3v) is 2.92. The lowest BCUT2D eigenvalue weighted by molar-refractivity contribution is -0.276. The number of methoxy groups -OCH3 is 1. The molecule has 2 rings (SSSR count). The lowest BCUT2D eigenvalue weighted by atomic mass is 10.0. The molecule has 2 aromatic carbocycles. The Labute approximate surface area is 124 Å². The first-order valence-electron chi connectivity index (χ1n) is 6.73. The van der Waals surface area contributed by atoms with E-state index in [1.807, 2.05) is 42.5 Å². The molecule has 0 saturated carbocycles. The minimum absolute atomic E-state index is 0.303. The van der Waals surface area contributed by atoms with Gasteiger partial charge in [-0.2, -0.15) is 4.89 Å². The van der Waals surface area contributed by atoms with Crippen LogP contribution >= 0.6 is 0 Å². The molecule has 0 spiro atoms. The smallest absolute Gasteiger partial charge is 0.373 e. The first-order chi connectivity index (χ1) is 10.2. The minimum Gasteiger partial charge on any atom is -0.382 e. The standard InChI is InChI=1S/C17H18O4/c1-13(12-19-2)20-21-17(18)16-10-8-15(9-11-16)14-6-4-3-5-7-14/h3-11,13H,12H2,1-2H3. The van der Waals surface area contributed by atoms with E-state index in [-0.39, 0.29) is 6.10 Å². The second-order valence-electron chi connectivity index (χ2n) is 4.68. The van der Waals surface area contributed by atoms with Gasteiger partial charge >= 0.3 is 5.97 Å². The van der Waals surface area contributed by atoms with Crippen LogP contribution in [0, 0.1) is 0 Å². The quantitative estimate of drug-likeness (QED) is 0.602. The summed E-state index contributed by atoms with van der Waals surface area (Å²) in [6, 6.07) is 17.1. The maximum absolute atomic E-state index is 11.8. The van der Waals surface area contributed by atoms with Crippen LogP contribution in [0.3, 0.4) is 0 Å². The lowest BCUT2D eigenvalue weighted by Gasteiger charge is -2.10. The number of hydrogen-bond acceptors (Lipinski definition) is 4. The van der Waals surface area contributed by atoms with Crippen molar-refractivity contribution in [2.75, 3.05) is 13.7 Å². The van der Waals surface area contributed by atoms with E-state index in [2.05, 4.69) is 0 Å². The zero-order valence-electron chi connectivity index (χ0n) is 12.1. The SMILES string of the molecule is COCC(C)OOC(=O)c1ccc(-c2ccccc2)cc1. The van der Waals surface area contributed by atoms with Crippen LogP contribution < -0.4 is 0 Å². The van der Waals surface area contributed by atoms with Gasteiger partial charge in [0, 0.05) is 7.11 Å². The van der Waals surface area contributed by atoms with Crippen molar-refractivity contribution < 1.29 is 19.3 Å². The van der Waals surface area contributed by atoms with Crippen LogP contribution in [0.5, 0.6) is 0 Å². The van der Waals surface area contributed by atoms with Gasteiger partial charge in [0.05, 0.1) is 12.2 Å². The molecule has 0 saturated heterocycles. The summed E-state index contributed by atoms with van der Waals surface area (Å²) < 4.78 is 4.89. The van der Waals surface area contributed by atoms with Crippen LogP contribution in [0.25, 0.3) is 11.1 Å². The van der Waals surface area contributed by atoms with E-state index in [1.165, 1.54) is 0 Å². The fourth-order valence-electron chi connectivity index (χ4n) is 1.87. The topological polar surface area (TPSA) is 44.8 Å². The molecule has 0 amide bonds. The summed E-state index contributed by atoms with van der Waals surface area (Å²) in [5, 5.41) is 0. The predicted octanol–water partition coefficient (Wildman–Crippen LogP) is 3.48. The Kier molecular flexibility index (Phi) is 5.49. The Hall–Kier alpha value is -2.17. The van der Waals surface area contributed by atoms with Gasteiger partial charge in [-0.25, -0.2) is 4.79 Å². The summed E-state index contributed by atoms with van der Waals surface area (Å²) in [7, 11) is 1.56. The molecule has 0 aliphatic rings. The van der Waals surface area contributed by atoms with E-state index in [1.54, 1.807) is 26.2 Å². The van der Waals surface area contributed by atoms with Gasteiger partial charge in [-0.1, -0.05) is 42.5 Å². The van der Waals surface area contributed by atoms with Crippen LogP contribution in [0.2, 0.25) is 0 Å². The van der Waals surface area contributed by atoms with Crippen molar-refractivity contribution in [1.29, 1.82) is 0 Å². The van der Waals surface area contributed by atoms with E-state index >= 15 is 0 Å². The summed E-state index contributed by atoms with van der Waals surface area (Å²) >= 11 is 0. The minimum atomic E-state index is -0.516. The van der Waals surface area contributed by atoms with Gasteiger partial charge in [0.15, 0.2) is 0 Å². The second kappa shape index (κ2) is 7.57. The molecule has 1 atom stereocenters. The van der Waals surface area contributed by atoms with Crippen molar-refractivity contribution in [1.82, 2.24) is 0 Å². The molecule has 2 aromatic rings. The second-order valence-corrected chi connectivity index (χ2v) is 4.68. The molecule has 0 N–H and O–H groups in total. The maximum atomic E-state index is 11.8. The van der Waals surface area contributed by atoms with E-state index in [4.69, 9.17) is 14.5 Å². The van der Waals surface area contributed by atoms with Gasteiger partial charge in [0.1, 0.15) is 6.10 Å². The Morgan fingerprint density at radius 3 is 2.24 bits per heavy atom. The Morgan fingerprint density at radius 1 is 1.00 bits per heavy atom. The molecule has 4 nitrogen and oxygen atoms in total. The molecule has 0 bridgehead atoms. The van der Waals surface area contributed by atoms with Gasteiger partial charge in [-0.15, -0.1) is 0 Å². The molecule has 0 radical (unpaired) electrons. The normalized spacial score (nSPS) is 11.9. The average molecular weight is 286 g/mol. The third-order valence-electron chi connectivity index (χ3n) is 2.92. The van der Waals surface area contributed by atoms with E-state index in [0.717, 1.165) is 11.1 Å². The van der Waals surface area contributed by atoms with E-state index in [9.17, 15) is 4.79 Å². The molecule has 0 fully saturated rings. The fraction of sp³-hybridized carbons (Fsp3) is 0.235. The maximum Gasteiger partial charge on any atom is 0.373 e. The monoisotopic (exact) mass is 286 g/mol. The molecule has 0 aromatic heterocycles.